The van der Waals surface area contributed by atoms with Crippen LogP contribution in [0.15, 0.2) is 65.1 Å². The number of hydrogen-bond donors (Lipinski definition) is 1. The van der Waals surface area contributed by atoms with E-state index in [1.807, 2.05) is 60.0 Å². The molecule has 28 heavy (non-hydrogen) atoms. The lowest BCUT2D eigenvalue weighted by atomic mass is 10.2. The topological polar surface area (TPSA) is 78.9 Å². The first-order chi connectivity index (χ1) is 13.7. The van der Waals surface area contributed by atoms with Gasteiger partial charge in [-0.05, 0) is 19.1 Å². The second kappa shape index (κ2) is 8.45. The number of nitrogens with zero attached hydrogens (tertiary/aromatic N) is 4. The molecule has 2 aromatic carbocycles. The van der Waals surface area contributed by atoms with Crippen molar-refractivity contribution in [3.05, 3.63) is 76.2 Å². The standard InChI is InChI=1S/C20H19N5OS2/c1-14-7-9-17(10-8-14)26-11-18-22-16(12-27-18)13-28-20-24-23-19(25(20)21)15-5-3-2-4-6-15/h2-10,12H,11,13,21H2,1H3. The molecule has 0 saturated heterocycles. The van der Waals surface area contributed by atoms with Crippen LogP contribution >= 0.6 is 23.1 Å². The molecule has 2 heterocycles. The van der Waals surface area contributed by atoms with Gasteiger partial charge in [0, 0.05) is 16.7 Å². The SMILES string of the molecule is Cc1ccc(OCc2nc(CSc3nnc(-c4ccccc4)n3N)cs2)cc1. The Bertz CT molecular complexity index is 1040. The largest absolute Gasteiger partial charge is 0.486 e. The molecule has 0 aliphatic rings. The lowest BCUT2D eigenvalue weighted by molar-refractivity contribution is 0.305. The van der Waals surface area contributed by atoms with E-state index in [-0.39, 0.29) is 0 Å². The minimum absolute atomic E-state index is 0.462. The maximum Gasteiger partial charge on any atom is 0.210 e. The Kier molecular flexibility index (Phi) is 5.59. The van der Waals surface area contributed by atoms with Gasteiger partial charge in [0.15, 0.2) is 5.82 Å². The zero-order chi connectivity index (χ0) is 19.3. The summed E-state index contributed by atoms with van der Waals surface area (Å²) in [5, 5.41) is 12.0. The van der Waals surface area contributed by atoms with Crippen LogP contribution in [0.5, 0.6) is 5.75 Å². The third kappa shape index (κ3) is 4.35. The van der Waals surface area contributed by atoms with Gasteiger partial charge in [-0.1, -0.05) is 59.8 Å². The monoisotopic (exact) mass is 409 g/mol. The first-order valence-electron chi connectivity index (χ1n) is 8.70. The molecule has 142 valence electrons. The van der Waals surface area contributed by atoms with E-state index in [1.165, 1.54) is 22.0 Å². The summed E-state index contributed by atoms with van der Waals surface area (Å²) in [6.45, 7) is 2.52. The molecule has 0 amide bonds. The smallest absolute Gasteiger partial charge is 0.210 e. The lowest BCUT2D eigenvalue weighted by Gasteiger charge is -2.04. The van der Waals surface area contributed by atoms with Crippen LogP contribution in [-0.4, -0.2) is 19.9 Å². The van der Waals surface area contributed by atoms with E-state index in [0.717, 1.165) is 22.0 Å². The van der Waals surface area contributed by atoms with Crippen molar-refractivity contribution in [1.29, 1.82) is 0 Å². The Hall–Kier alpha value is -2.84. The molecule has 8 heteroatoms. The fraction of sp³-hybridized carbons (Fsp3) is 0.150. The van der Waals surface area contributed by atoms with E-state index in [9.17, 15) is 0 Å². The summed E-state index contributed by atoms with van der Waals surface area (Å²) in [6, 6.07) is 17.8. The third-order valence-electron chi connectivity index (χ3n) is 4.03. The molecule has 0 atom stereocenters. The molecule has 6 nitrogen and oxygen atoms in total. The first-order valence-corrected chi connectivity index (χ1v) is 10.6. The van der Waals surface area contributed by atoms with E-state index in [4.69, 9.17) is 10.6 Å². The van der Waals surface area contributed by atoms with Crippen LogP contribution in [0.4, 0.5) is 0 Å². The second-order valence-electron chi connectivity index (χ2n) is 6.17. The van der Waals surface area contributed by atoms with Gasteiger partial charge < -0.3 is 10.6 Å². The maximum absolute atomic E-state index is 6.16. The van der Waals surface area contributed by atoms with Crippen molar-refractivity contribution >= 4 is 23.1 Å². The molecule has 2 N–H and O–H groups in total. The first kappa shape index (κ1) is 18.5. The fourth-order valence-electron chi connectivity index (χ4n) is 2.56. The van der Waals surface area contributed by atoms with Gasteiger partial charge in [-0.15, -0.1) is 21.5 Å². The summed E-state index contributed by atoms with van der Waals surface area (Å²) >= 11 is 3.10. The highest BCUT2D eigenvalue weighted by Gasteiger charge is 2.13. The van der Waals surface area contributed by atoms with Crippen LogP contribution in [0.2, 0.25) is 0 Å². The molecular formula is C20H19N5OS2. The molecule has 2 aromatic heterocycles. The quantitative estimate of drug-likeness (QED) is 0.362. The number of thioether (sulfide) groups is 1. The average Bonchev–Trinajstić information content (AvgIpc) is 3.33. The molecular weight excluding hydrogens is 390 g/mol. The van der Waals surface area contributed by atoms with E-state index < -0.39 is 0 Å². The number of aromatic nitrogens is 4. The second-order valence-corrected chi connectivity index (χ2v) is 8.05. The van der Waals surface area contributed by atoms with Gasteiger partial charge in [0.1, 0.15) is 17.4 Å². The van der Waals surface area contributed by atoms with Gasteiger partial charge in [0.25, 0.3) is 0 Å². The summed E-state index contributed by atoms with van der Waals surface area (Å²) in [7, 11) is 0. The Morgan fingerprint density at radius 2 is 1.86 bits per heavy atom. The molecule has 0 aliphatic heterocycles. The van der Waals surface area contributed by atoms with E-state index in [1.54, 1.807) is 11.3 Å². The maximum atomic E-state index is 6.16. The molecule has 4 rings (SSSR count). The lowest BCUT2D eigenvalue weighted by Crippen LogP contribution is -2.11. The number of ether oxygens (including phenoxy) is 1. The van der Waals surface area contributed by atoms with Crippen LogP contribution in [0.1, 0.15) is 16.3 Å². The predicted octanol–water partition coefficient (Wildman–Crippen LogP) is 4.30. The van der Waals surface area contributed by atoms with Gasteiger partial charge in [-0.2, -0.15) is 0 Å². The number of hydrogen-bond acceptors (Lipinski definition) is 7. The number of thiazole rings is 1. The number of nitrogen functional groups attached to an aromatic ring is 1. The zero-order valence-corrected chi connectivity index (χ0v) is 16.9. The molecule has 0 fully saturated rings. The van der Waals surface area contributed by atoms with Gasteiger partial charge in [0.2, 0.25) is 5.16 Å². The third-order valence-corrected chi connectivity index (χ3v) is 5.88. The normalized spacial score (nSPS) is 10.9. The highest BCUT2D eigenvalue weighted by atomic mass is 32.2. The minimum atomic E-state index is 0.462. The van der Waals surface area contributed by atoms with Gasteiger partial charge in [0.05, 0.1) is 5.69 Å². The molecule has 0 saturated carbocycles. The Labute approximate surface area is 171 Å². The number of rotatable bonds is 7. The minimum Gasteiger partial charge on any atom is -0.486 e. The summed E-state index contributed by atoms with van der Waals surface area (Å²) in [6.07, 6.45) is 0. The van der Waals surface area contributed by atoms with Gasteiger partial charge in [-0.3, -0.25) is 0 Å². The molecule has 0 aliphatic carbocycles. The Morgan fingerprint density at radius 3 is 2.64 bits per heavy atom. The average molecular weight is 410 g/mol. The zero-order valence-electron chi connectivity index (χ0n) is 15.3. The molecule has 4 aromatic rings. The van der Waals surface area contributed by atoms with E-state index >= 15 is 0 Å². The van der Waals surface area contributed by atoms with Crippen molar-refractivity contribution in [3.63, 3.8) is 0 Å². The highest BCUT2D eigenvalue weighted by molar-refractivity contribution is 7.98. The van der Waals surface area contributed by atoms with Crippen LogP contribution in [-0.2, 0) is 12.4 Å². The van der Waals surface area contributed by atoms with Crippen LogP contribution in [0.3, 0.4) is 0 Å². The van der Waals surface area contributed by atoms with Crippen molar-refractivity contribution in [2.24, 2.45) is 0 Å². The molecule has 0 bridgehead atoms. The van der Waals surface area contributed by atoms with Crippen molar-refractivity contribution < 1.29 is 4.74 Å². The highest BCUT2D eigenvalue weighted by Crippen LogP contribution is 2.25. The molecule has 0 spiro atoms. The van der Waals surface area contributed by atoms with E-state index in [0.29, 0.717) is 23.3 Å². The van der Waals surface area contributed by atoms with Gasteiger partial charge in [-0.25, -0.2) is 9.66 Å². The summed E-state index contributed by atoms with van der Waals surface area (Å²) in [4.78, 5) is 4.63. The molecule has 0 unspecified atom stereocenters. The summed E-state index contributed by atoms with van der Waals surface area (Å²) in [5.41, 5.74) is 3.12. The number of aryl methyl sites for hydroxylation is 1. The van der Waals surface area contributed by atoms with Crippen LogP contribution in [0, 0.1) is 6.92 Å². The van der Waals surface area contributed by atoms with Crippen molar-refractivity contribution in [3.8, 4) is 17.1 Å². The van der Waals surface area contributed by atoms with E-state index in [2.05, 4.69) is 22.1 Å². The van der Waals surface area contributed by atoms with Crippen molar-refractivity contribution in [2.75, 3.05) is 5.84 Å². The Morgan fingerprint density at radius 1 is 1.07 bits per heavy atom. The van der Waals surface area contributed by atoms with Crippen molar-refractivity contribution in [1.82, 2.24) is 19.9 Å². The van der Waals surface area contributed by atoms with Gasteiger partial charge >= 0.3 is 0 Å². The number of benzene rings is 2. The fourth-order valence-corrected chi connectivity index (χ4v) is 4.12. The predicted molar refractivity (Wildman–Crippen MR) is 113 cm³/mol. The summed E-state index contributed by atoms with van der Waals surface area (Å²) < 4.78 is 7.31. The number of nitrogens with two attached hydrogens (primary N) is 1. The Balaban J connectivity index is 1.35. The van der Waals surface area contributed by atoms with Crippen LogP contribution in [0.25, 0.3) is 11.4 Å². The summed E-state index contributed by atoms with van der Waals surface area (Å²) in [5.74, 6) is 8.33. The van der Waals surface area contributed by atoms with Crippen LogP contribution < -0.4 is 10.6 Å². The van der Waals surface area contributed by atoms with Crippen molar-refractivity contribution in [2.45, 2.75) is 24.4 Å². The molecule has 0 radical (unpaired) electrons.